The van der Waals surface area contributed by atoms with Crippen LogP contribution < -0.4 is 26.1 Å². The number of hydrogen-bond acceptors (Lipinski definition) is 5. The molecule has 2 aromatic carbocycles. The van der Waals surface area contributed by atoms with Crippen molar-refractivity contribution in [1.82, 2.24) is 5.43 Å². The van der Waals surface area contributed by atoms with E-state index in [0.717, 1.165) is 5.56 Å². The molecule has 7 nitrogen and oxygen atoms in total. The van der Waals surface area contributed by atoms with Gasteiger partial charge in [0.2, 0.25) is 0 Å². The molecule has 0 saturated heterocycles. The fourth-order valence-electron chi connectivity index (χ4n) is 2.01. The van der Waals surface area contributed by atoms with E-state index in [1.807, 2.05) is 24.5 Å². The lowest BCUT2D eigenvalue weighted by Crippen LogP contribution is -2.34. The Kier molecular flexibility index (Phi) is 5.75. The van der Waals surface area contributed by atoms with E-state index in [0.29, 0.717) is 22.7 Å². The van der Waals surface area contributed by atoms with E-state index in [4.69, 9.17) is 15.3 Å². The minimum absolute atomic E-state index is 0.192. The average Bonchev–Trinajstić information content (AvgIpc) is 2.60. The maximum absolute atomic E-state index is 12.3. The molecule has 126 valence electrons. The summed E-state index contributed by atoms with van der Waals surface area (Å²) in [6.45, 7) is 1.74. The molecule has 0 aromatic heterocycles. The molecule has 0 atom stereocenters. The van der Waals surface area contributed by atoms with Crippen LogP contribution in [0.3, 0.4) is 0 Å². The second-order valence-corrected chi connectivity index (χ2v) is 5.04. The van der Waals surface area contributed by atoms with E-state index >= 15 is 0 Å². The molecule has 2 aromatic rings. The predicted molar refractivity (Wildman–Crippen MR) is 90.0 cm³/mol. The number of carbonyl (C=O) groups excluding carboxylic acids is 2. The van der Waals surface area contributed by atoms with Gasteiger partial charge in [-0.25, -0.2) is 5.84 Å². The number of rotatable bonds is 6. The first-order valence-corrected chi connectivity index (χ1v) is 7.22. The highest BCUT2D eigenvalue weighted by Crippen LogP contribution is 2.26. The first-order chi connectivity index (χ1) is 11.5. The third kappa shape index (κ3) is 4.47. The van der Waals surface area contributed by atoms with Crippen molar-refractivity contribution < 1.29 is 19.1 Å². The van der Waals surface area contributed by atoms with Crippen LogP contribution >= 0.6 is 0 Å². The number of nitrogens with two attached hydrogens (primary N) is 1. The summed E-state index contributed by atoms with van der Waals surface area (Å²) in [5.74, 6) is 5.30. The monoisotopic (exact) mass is 329 g/mol. The van der Waals surface area contributed by atoms with Crippen LogP contribution in [-0.2, 0) is 4.79 Å². The van der Waals surface area contributed by atoms with Gasteiger partial charge in [0.05, 0.1) is 12.8 Å². The van der Waals surface area contributed by atoms with Gasteiger partial charge in [-0.1, -0.05) is 6.07 Å². The number of hydrazine groups is 1. The third-order valence-corrected chi connectivity index (χ3v) is 3.25. The molecular formula is C17H19N3O4. The molecule has 0 aliphatic rings. The molecule has 2 amide bonds. The molecule has 0 fully saturated rings. The van der Waals surface area contributed by atoms with Crippen molar-refractivity contribution in [2.45, 2.75) is 6.92 Å². The van der Waals surface area contributed by atoms with Crippen molar-refractivity contribution >= 4 is 17.5 Å². The fraction of sp³-hybridized carbons (Fsp3) is 0.176. The zero-order valence-corrected chi connectivity index (χ0v) is 13.5. The SMILES string of the molecule is COc1ccc(C)cc1NC(=O)c1ccc(OCC(=O)NN)cc1. The number of benzene rings is 2. The number of anilines is 1. The zero-order valence-electron chi connectivity index (χ0n) is 13.5. The molecule has 24 heavy (non-hydrogen) atoms. The Morgan fingerprint density at radius 2 is 1.83 bits per heavy atom. The van der Waals surface area contributed by atoms with Crippen molar-refractivity contribution in [1.29, 1.82) is 0 Å². The van der Waals surface area contributed by atoms with Crippen LogP contribution in [0.5, 0.6) is 11.5 Å². The molecule has 0 aliphatic heterocycles. The van der Waals surface area contributed by atoms with Crippen molar-refractivity contribution in [2.24, 2.45) is 5.84 Å². The Bertz CT molecular complexity index is 729. The standard InChI is InChI=1S/C17H19N3O4/c1-11-3-8-15(23-2)14(9-11)19-17(22)12-4-6-13(7-5-12)24-10-16(21)20-18/h3-9H,10,18H2,1-2H3,(H,19,22)(H,20,21). The molecule has 2 rings (SSSR count). The Labute approximate surface area is 139 Å². The Balaban J connectivity index is 2.05. The average molecular weight is 329 g/mol. The summed E-state index contributed by atoms with van der Waals surface area (Å²) in [7, 11) is 1.55. The van der Waals surface area contributed by atoms with Gasteiger partial charge in [-0.2, -0.15) is 0 Å². The van der Waals surface area contributed by atoms with Crippen LogP contribution in [0.2, 0.25) is 0 Å². The Morgan fingerprint density at radius 3 is 2.46 bits per heavy atom. The quantitative estimate of drug-likeness (QED) is 0.424. The van der Waals surface area contributed by atoms with Gasteiger partial charge in [0.15, 0.2) is 6.61 Å². The molecule has 4 N–H and O–H groups in total. The molecule has 0 aliphatic carbocycles. The van der Waals surface area contributed by atoms with Gasteiger partial charge < -0.3 is 14.8 Å². The van der Waals surface area contributed by atoms with Gasteiger partial charge in [0.25, 0.3) is 11.8 Å². The van der Waals surface area contributed by atoms with Gasteiger partial charge >= 0.3 is 0 Å². The van der Waals surface area contributed by atoms with Crippen molar-refractivity contribution in [2.75, 3.05) is 19.0 Å². The third-order valence-electron chi connectivity index (χ3n) is 3.25. The lowest BCUT2D eigenvalue weighted by molar-refractivity contribution is -0.123. The molecule has 0 saturated carbocycles. The minimum Gasteiger partial charge on any atom is -0.495 e. The number of hydrogen-bond donors (Lipinski definition) is 3. The van der Waals surface area contributed by atoms with E-state index in [2.05, 4.69) is 5.32 Å². The van der Waals surface area contributed by atoms with E-state index < -0.39 is 5.91 Å². The van der Waals surface area contributed by atoms with Crippen LogP contribution in [0.4, 0.5) is 5.69 Å². The highest BCUT2D eigenvalue weighted by molar-refractivity contribution is 6.05. The van der Waals surface area contributed by atoms with E-state index in [-0.39, 0.29) is 12.5 Å². The van der Waals surface area contributed by atoms with Crippen LogP contribution in [-0.4, -0.2) is 25.5 Å². The lowest BCUT2D eigenvalue weighted by atomic mass is 10.1. The van der Waals surface area contributed by atoms with Gasteiger partial charge in [0.1, 0.15) is 11.5 Å². The van der Waals surface area contributed by atoms with Crippen molar-refractivity contribution in [3.8, 4) is 11.5 Å². The van der Waals surface area contributed by atoms with Crippen LogP contribution in [0, 0.1) is 6.92 Å². The first-order valence-electron chi connectivity index (χ1n) is 7.22. The molecule has 0 unspecified atom stereocenters. The number of methoxy groups -OCH3 is 1. The summed E-state index contributed by atoms with van der Waals surface area (Å²) >= 11 is 0. The molecule has 0 heterocycles. The minimum atomic E-state index is -0.441. The largest absolute Gasteiger partial charge is 0.495 e. The van der Waals surface area contributed by atoms with Crippen molar-refractivity contribution in [3.05, 3.63) is 53.6 Å². The summed E-state index contributed by atoms with van der Waals surface area (Å²) in [6.07, 6.45) is 0. The Hall–Kier alpha value is -3.06. The topological polar surface area (TPSA) is 103 Å². The maximum Gasteiger partial charge on any atom is 0.271 e. The van der Waals surface area contributed by atoms with Crippen LogP contribution in [0.1, 0.15) is 15.9 Å². The summed E-state index contributed by atoms with van der Waals surface area (Å²) in [5, 5.41) is 2.81. The number of ether oxygens (including phenoxy) is 2. The van der Waals surface area contributed by atoms with Gasteiger partial charge in [-0.05, 0) is 48.9 Å². The molecule has 0 radical (unpaired) electrons. The summed E-state index contributed by atoms with van der Waals surface area (Å²) in [6, 6.07) is 11.9. The predicted octanol–water partition coefficient (Wildman–Crippen LogP) is 1.62. The number of aryl methyl sites for hydroxylation is 1. The lowest BCUT2D eigenvalue weighted by Gasteiger charge is -2.11. The second kappa shape index (κ2) is 7.98. The molecular weight excluding hydrogens is 310 g/mol. The number of carbonyl (C=O) groups is 2. The summed E-state index contributed by atoms with van der Waals surface area (Å²) in [4.78, 5) is 23.3. The van der Waals surface area contributed by atoms with Crippen LogP contribution in [0.15, 0.2) is 42.5 Å². The smallest absolute Gasteiger partial charge is 0.271 e. The number of nitrogens with one attached hydrogen (secondary N) is 2. The zero-order chi connectivity index (χ0) is 17.5. The maximum atomic E-state index is 12.3. The normalized spacial score (nSPS) is 9.96. The van der Waals surface area contributed by atoms with Gasteiger partial charge in [0, 0.05) is 5.56 Å². The van der Waals surface area contributed by atoms with E-state index in [1.54, 1.807) is 37.4 Å². The fourth-order valence-corrected chi connectivity index (χ4v) is 2.01. The van der Waals surface area contributed by atoms with Crippen molar-refractivity contribution in [3.63, 3.8) is 0 Å². The summed E-state index contributed by atoms with van der Waals surface area (Å²) < 4.78 is 10.5. The van der Waals surface area contributed by atoms with Gasteiger partial charge in [-0.3, -0.25) is 15.0 Å². The second-order valence-electron chi connectivity index (χ2n) is 5.04. The molecule has 0 spiro atoms. The highest BCUT2D eigenvalue weighted by atomic mass is 16.5. The summed E-state index contributed by atoms with van der Waals surface area (Å²) in [5.41, 5.74) is 4.03. The van der Waals surface area contributed by atoms with E-state index in [1.165, 1.54) is 0 Å². The number of amides is 2. The Morgan fingerprint density at radius 1 is 1.12 bits per heavy atom. The van der Waals surface area contributed by atoms with E-state index in [9.17, 15) is 9.59 Å². The molecule has 0 bridgehead atoms. The first kappa shape index (κ1) is 17.3. The highest BCUT2D eigenvalue weighted by Gasteiger charge is 2.10. The van der Waals surface area contributed by atoms with Crippen LogP contribution in [0.25, 0.3) is 0 Å². The van der Waals surface area contributed by atoms with Gasteiger partial charge in [-0.15, -0.1) is 0 Å². The molecule has 7 heteroatoms.